The van der Waals surface area contributed by atoms with Crippen molar-refractivity contribution in [2.24, 2.45) is 0 Å². The van der Waals surface area contributed by atoms with Crippen molar-refractivity contribution in [3.63, 3.8) is 0 Å². The average molecular weight is 677 g/mol. The lowest BCUT2D eigenvalue weighted by Gasteiger charge is -2.31. The van der Waals surface area contributed by atoms with E-state index in [1.807, 2.05) is 67.7 Å². The highest BCUT2D eigenvalue weighted by Crippen LogP contribution is 2.48. The predicted octanol–water partition coefficient (Wildman–Crippen LogP) is 10.4. The predicted molar refractivity (Wildman–Crippen MR) is 186 cm³/mol. The summed E-state index contributed by atoms with van der Waals surface area (Å²) in [5.74, 6) is 0.288. The Morgan fingerprint density at radius 1 is 0.674 bits per heavy atom. The van der Waals surface area contributed by atoms with Crippen LogP contribution in [-0.4, -0.2) is 32.6 Å². The summed E-state index contributed by atoms with van der Waals surface area (Å²) in [6.45, 7) is 23.3. The molecular formula is C33H52N2O9Si2. The number of unbranched alkanes of at least 4 members (excludes halogenated alkanes) is 2. The van der Waals surface area contributed by atoms with Crippen LogP contribution in [0, 0.1) is 20.2 Å². The molecule has 0 aliphatic carbocycles. The number of nitrogens with zero attached hydrogens (tertiary/aromatic N) is 2. The summed E-state index contributed by atoms with van der Waals surface area (Å²) in [5.41, 5.74) is -1.10. The van der Waals surface area contributed by atoms with Gasteiger partial charge in [0, 0.05) is 12.1 Å². The van der Waals surface area contributed by atoms with E-state index in [0.717, 1.165) is 37.8 Å². The van der Waals surface area contributed by atoms with Crippen LogP contribution in [-0.2, 0) is 10.8 Å². The normalized spacial score (nSPS) is 12.4. The lowest BCUT2D eigenvalue weighted by molar-refractivity contribution is -0.386. The third kappa shape index (κ3) is 10.3. The zero-order valence-electron chi connectivity index (χ0n) is 29.6. The lowest BCUT2D eigenvalue weighted by atomic mass is 9.85. The van der Waals surface area contributed by atoms with Crippen LogP contribution < -0.4 is 18.3 Å². The third-order valence-electron chi connectivity index (χ3n) is 7.50. The topological polar surface area (TPSA) is 140 Å². The first-order chi connectivity index (χ1) is 21.0. The van der Waals surface area contributed by atoms with E-state index < -0.39 is 43.5 Å². The molecule has 0 radical (unpaired) electrons. The fourth-order valence-electron chi connectivity index (χ4n) is 5.28. The molecule has 2 rings (SSSR count). The second-order valence-electron chi connectivity index (χ2n) is 15.0. The van der Waals surface area contributed by atoms with Gasteiger partial charge in [-0.25, -0.2) is 4.79 Å². The van der Waals surface area contributed by atoms with Crippen LogP contribution in [0.1, 0.15) is 92.2 Å². The molecule has 0 amide bonds. The van der Waals surface area contributed by atoms with Crippen molar-refractivity contribution < 1.29 is 33.0 Å². The summed E-state index contributed by atoms with van der Waals surface area (Å²) < 4.78 is 24.7. The molecule has 0 fully saturated rings. The van der Waals surface area contributed by atoms with Crippen LogP contribution in [0.25, 0.3) is 0 Å². The van der Waals surface area contributed by atoms with Gasteiger partial charge in [0.05, 0.1) is 21.0 Å². The van der Waals surface area contributed by atoms with E-state index in [1.54, 1.807) is 0 Å². The first kappa shape index (κ1) is 38.7. The van der Waals surface area contributed by atoms with Gasteiger partial charge in [0.25, 0.3) is 11.4 Å². The van der Waals surface area contributed by atoms with Gasteiger partial charge in [0.15, 0.2) is 23.0 Å². The van der Waals surface area contributed by atoms with E-state index in [2.05, 4.69) is 13.8 Å². The number of rotatable bonds is 14. The van der Waals surface area contributed by atoms with E-state index in [1.165, 1.54) is 24.3 Å². The number of hydrogen-bond acceptors (Lipinski definition) is 9. The highest BCUT2D eigenvalue weighted by Gasteiger charge is 2.38. The number of benzene rings is 2. The number of hydrogen-bond donors (Lipinski definition) is 0. The van der Waals surface area contributed by atoms with Gasteiger partial charge in [0.2, 0.25) is 16.6 Å². The van der Waals surface area contributed by atoms with Crippen molar-refractivity contribution >= 4 is 34.2 Å². The first-order valence-electron chi connectivity index (χ1n) is 16.0. The van der Waals surface area contributed by atoms with Crippen molar-refractivity contribution in [3.8, 4) is 23.0 Å². The fraction of sp³-hybridized carbons (Fsp3) is 0.606. The minimum Gasteiger partial charge on any atom is -0.541 e. The molecule has 0 N–H and O–H groups in total. The molecule has 46 heavy (non-hydrogen) atoms. The first-order valence-corrected chi connectivity index (χ1v) is 22.2. The molecule has 11 nitrogen and oxygen atoms in total. The van der Waals surface area contributed by atoms with E-state index in [0.29, 0.717) is 11.1 Å². The Morgan fingerprint density at radius 2 is 1.00 bits per heavy atom. The Labute approximate surface area is 275 Å². The number of nitro groups is 2. The van der Waals surface area contributed by atoms with Gasteiger partial charge in [0.1, 0.15) is 0 Å². The number of ether oxygens (including phenoxy) is 2. The Hall–Kier alpha value is -3.46. The molecule has 0 saturated carbocycles. The van der Waals surface area contributed by atoms with Crippen molar-refractivity contribution in [1.82, 2.24) is 0 Å². The summed E-state index contributed by atoms with van der Waals surface area (Å²) in [7, 11) is -4.83. The van der Waals surface area contributed by atoms with Crippen LogP contribution in [0.3, 0.4) is 0 Å². The maximum absolute atomic E-state index is 13.5. The maximum atomic E-state index is 13.5. The van der Waals surface area contributed by atoms with Gasteiger partial charge in [-0.1, -0.05) is 81.1 Å². The molecule has 0 spiro atoms. The highest BCUT2D eigenvalue weighted by atomic mass is 28.4. The standard InChI is InChI=1S/C33H52N2O9Si2/c1-13-15-21-45(9,10)43-29-25(19-17-23(34(37)38)27(29)32(3,4)5)41-31(36)42-26-20-18-24(35(39)40)28(33(6,7)8)30(26)44-46(11,12)22-16-14-2/h17-20H,13-16,21-22H2,1-12H3. The largest absolute Gasteiger partial charge is 0.541 e. The molecule has 0 aromatic heterocycles. The Kier molecular flexibility index (Phi) is 12.6. The Balaban J connectivity index is 2.71. The van der Waals surface area contributed by atoms with Crippen LogP contribution >= 0.6 is 0 Å². The van der Waals surface area contributed by atoms with Crippen LogP contribution in [0.2, 0.25) is 38.3 Å². The SMILES string of the molecule is CCCC[Si](C)(C)Oc1c(OC(=O)Oc2ccc([N+](=O)[O-])c(C(C)(C)C)c2O[Si](C)(C)CCCC)ccc([N+](=O)[O-])c1C(C)(C)C. The number of carbonyl (C=O) groups excluding carboxylic acids is 1. The highest BCUT2D eigenvalue weighted by molar-refractivity contribution is 6.72. The third-order valence-corrected chi connectivity index (χ3v) is 12.1. The Morgan fingerprint density at radius 3 is 1.26 bits per heavy atom. The molecule has 256 valence electrons. The van der Waals surface area contributed by atoms with Gasteiger partial charge in [-0.15, -0.1) is 0 Å². The monoisotopic (exact) mass is 676 g/mol. The number of carbonyl (C=O) groups is 1. The van der Waals surface area contributed by atoms with Gasteiger partial charge in [-0.3, -0.25) is 20.2 Å². The molecule has 2 aromatic carbocycles. The minimum absolute atomic E-state index is 0.00401. The molecule has 13 heteroatoms. The number of nitro benzene ring substituents is 2. The Bertz CT molecular complexity index is 1320. The molecular weight excluding hydrogens is 625 g/mol. The second-order valence-corrected chi connectivity index (χ2v) is 23.4. The van der Waals surface area contributed by atoms with Gasteiger partial charge < -0.3 is 18.3 Å². The summed E-state index contributed by atoms with van der Waals surface area (Å²) in [6, 6.07) is 6.91. The molecule has 0 saturated heterocycles. The van der Waals surface area contributed by atoms with Crippen LogP contribution in [0.4, 0.5) is 16.2 Å². The smallest absolute Gasteiger partial charge is 0.519 e. The lowest BCUT2D eigenvalue weighted by Crippen LogP contribution is -2.35. The molecule has 0 bridgehead atoms. The van der Waals surface area contributed by atoms with Crippen LogP contribution in [0.5, 0.6) is 23.0 Å². The van der Waals surface area contributed by atoms with E-state index in [9.17, 15) is 25.0 Å². The molecule has 0 atom stereocenters. The van der Waals surface area contributed by atoms with E-state index >= 15 is 0 Å². The van der Waals surface area contributed by atoms with Crippen molar-refractivity contribution in [2.75, 3.05) is 0 Å². The van der Waals surface area contributed by atoms with Crippen molar-refractivity contribution in [3.05, 3.63) is 55.6 Å². The summed E-state index contributed by atoms with van der Waals surface area (Å²) in [6.07, 6.45) is 2.65. The fourth-order valence-corrected chi connectivity index (χ4v) is 9.41. The van der Waals surface area contributed by atoms with E-state index in [4.69, 9.17) is 18.3 Å². The zero-order valence-corrected chi connectivity index (χ0v) is 31.6. The van der Waals surface area contributed by atoms with Gasteiger partial charge in [-0.05, 0) is 61.2 Å². The molecule has 0 heterocycles. The van der Waals surface area contributed by atoms with Crippen molar-refractivity contribution in [2.45, 2.75) is 130 Å². The van der Waals surface area contributed by atoms with Gasteiger partial charge in [-0.2, -0.15) is 0 Å². The van der Waals surface area contributed by atoms with Gasteiger partial charge >= 0.3 is 6.16 Å². The quantitative estimate of drug-likeness (QED) is 0.0628. The summed E-state index contributed by atoms with van der Waals surface area (Å²) in [4.78, 5) is 36.8. The summed E-state index contributed by atoms with van der Waals surface area (Å²) >= 11 is 0. The zero-order chi connectivity index (χ0) is 35.3. The summed E-state index contributed by atoms with van der Waals surface area (Å²) in [5, 5.41) is 24.2. The second kappa shape index (κ2) is 15.0. The maximum Gasteiger partial charge on any atom is 0.519 e. The average Bonchev–Trinajstić information content (AvgIpc) is 2.90. The van der Waals surface area contributed by atoms with Crippen molar-refractivity contribution in [1.29, 1.82) is 0 Å². The van der Waals surface area contributed by atoms with E-state index in [-0.39, 0.29) is 34.4 Å². The molecule has 0 aliphatic heterocycles. The molecule has 2 aromatic rings. The molecule has 0 unspecified atom stereocenters. The minimum atomic E-state index is -2.42. The molecule has 0 aliphatic rings. The van der Waals surface area contributed by atoms with Crippen LogP contribution in [0.15, 0.2) is 24.3 Å².